The van der Waals surface area contributed by atoms with Gasteiger partial charge in [0.05, 0.1) is 23.3 Å². The van der Waals surface area contributed by atoms with Crippen molar-refractivity contribution < 1.29 is 4.79 Å². The Morgan fingerprint density at radius 1 is 0.966 bits per heavy atom. The number of hydrogen-bond acceptors (Lipinski definition) is 5. The van der Waals surface area contributed by atoms with E-state index in [-0.39, 0.29) is 17.5 Å². The quantitative estimate of drug-likeness (QED) is 0.794. The molecule has 154 valence electrons. The van der Waals surface area contributed by atoms with Gasteiger partial charge in [-0.2, -0.15) is 0 Å². The number of carbonyl (C=O) groups is 1. The summed E-state index contributed by atoms with van der Waals surface area (Å²) in [5, 5.41) is 0.710. The van der Waals surface area contributed by atoms with Crippen LogP contribution in [0.15, 0.2) is 29.3 Å². The van der Waals surface area contributed by atoms with Crippen molar-refractivity contribution in [3.8, 4) is 0 Å². The summed E-state index contributed by atoms with van der Waals surface area (Å²) in [5.41, 5.74) is 1.97. The highest BCUT2D eigenvalue weighted by atomic mass is 16.2. The van der Waals surface area contributed by atoms with Gasteiger partial charge in [0.15, 0.2) is 0 Å². The molecule has 0 N–H and O–H groups in total. The van der Waals surface area contributed by atoms with E-state index < -0.39 is 0 Å². The summed E-state index contributed by atoms with van der Waals surface area (Å²) < 4.78 is 1.84. The SMILES string of the molecule is CN1CCC(N2CCN(c3ccc4c(=O)n(C5CCCC5)cnc4c3)CC2)C1=O. The predicted molar refractivity (Wildman–Crippen MR) is 113 cm³/mol. The van der Waals surface area contributed by atoms with Crippen molar-refractivity contribution in [3.63, 3.8) is 0 Å². The molecule has 3 aliphatic rings. The summed E-state index contributed by atoms with van der Waals surface area (Å²) in [6, 6.07) is 6.39. The number of benzene rings is 1. The first-order chi connectivity index (χ1) is 14.1. The zero-order valence-electron chi connectivity index (χ0n) is 17.1. The Morgan fingerprint density at radius 2 is 1.72 bits per heavy atom. The molecule has 1 aromatic carbocycles. The van der Waals surface area contributed by atoms with Crippen LogP contribution in [0, 0.1) is 0 Å². The average molecular weight is 396 g/mol. The lowest BCUT2D eigenvalue weighted by Crippen LogP contribution is -2.52. The summed E-state index contributed by atoms with van der Waals surface area (Å²) in [6.07, 6.45) is 7.22. The number of aromatic nitrogens is 2. The third-order valence-electron chi connectivity index (χ3n) is 7.00. The first-order valence-electron chi connectivity index (χ1n) is 10.9. The molecule has 5 rings (SSSR count). The molecule has 7 nitrogen and oxygen atoms in total. The van der Waals surface area contributed by atoms with E-state index in [0.717, 1.165) is 63.2 Å². The summed E-state index contributed by atoms with van der Waals surface area (Å²) in [7, 11) is 1.89. The Balaban J connectivity index is 1.32. The van der Waals surface area contributed by atoms with Gasteiger partial charge in [-0.1, -0.05) is 12.8 Å². The molecule has 1 aliphatic carbocycles. The van der Waals surface area contributed by atoms with Crippen LogP contribution >= 0.6 is 0 Å². The van der Waals surface area contributed by atoms with Crippen LogP contribution in [0.4, 0.5) is 5.69 Å². The Morgan fingerprint density at radius 3 is 2.41 bits per heavy atom. The van der Waals surface area contributed by atoms with E-state index in [0.29, 0.717) is 11.4 Å². The molecule has 0 bridgehead atoms. The van der Waals surface area contributed by atoms with E-state index >= 15 is 0 Å². The van der Waals surface area contributed by atoms with E-state index in [4.69, 9.17) is 0 Å². The molecule has 2 aliphatic heterocycles. The maximum atomic E-state index is 12.9. The molecule has 2 aromatic rings. The highest BCUT2D eigenvalue weighted by molar-refractivity contribution is 5.84. The lowest BCUT2D eigenvalue weighted by molar-refractivity contribution is -0.131. The van der Waals surface area contributed by atoms with Crippen LogP contribution in [0.5, 0.6) is 0 Å². The topological polar surface area (TPSA) is 61.7 Å². The van der Waals surface area contributed by atoms with Crippen LogP contribution in [0.25, 0.3) is 10.9 Å². The van der Waals surface area contributed by atoms with Gasteiger partial charge >= 0.3 is 0 Å². The Bertz CT molecular complexity index is 973. The van der Waals surface area contributed by atoms with Gasteiger partial charge in [-0.3, -0.25) is 19.1 Å². The number of fused-ring (bicyclic) bond motifs is 1. The number of anilines is 1. The van der Waals surface area contributed by atoms with Crippen LogP contribution in [0.3, 0.4) is 0 Å². The first-order valence-corrected chi connectivity index (χ1v) is 10.9. The Hall–Kier alpha value is -2.41. The second kappa shape index (κ2) is 7.44. The summed E-state index contributed by atoms with van der Waals surface area (Å²) >= 11 is 0. The second-order valence-corrected chi connectivity index (χ2v) is 8.68. The van der Waals surface area contributed by atoms with Gasteiger partial charge < -0.3 is 9.80 Å². The number of piperazine rings is 1. The zero-order chi connectivity index (χ0) is 20.0. The van der Waals surface area contributed by atoms with Crippen molar-refractivity contribution in [1.29, 1.82) is 0 Å². The fraction of sp³-hybridized carbons (Fsp3) is 0.591. The average Bonchev–Trinajstić information content (AvgIpc) is 3.39. The summed E-state index contributed by atoms with van der Waals surface area (Å²) in [4.78, 5) is 36.3. The summed E-state index contributed by atoms with van der Waals surface area (Å²) in [5.74, 6) is 0.256. The van der Waals surface area contributed by atoms with Crippen molar-refractivity contribution in [1.82, 2.24) is 19.4 Å². The van der Waals surface area contributed by atoms with Crippen molar-refractivity contribution in [2.75, 3.05) is 44.7 Å². The minimum atomic E-state index is 0.0504. The van der Waals surface area contributed by atoms with E-state index in [1.807, 2.05) is 28.6 Å². The van der Waals surface area contributed by atoms with E-state index in [1.165, 1.54) is 12.8 Å². The molecule has 29 heavy (non-hydrogen) atoms. The number of likely N-dealkylation sites (tertiary alicyclic amines) is 1. The van der Waals surface area contributed by atoms with Crippen LogP contribution in [0.1, 0.15) is 38.1 Å². The van der Waals surface area contributed by atoms with E-state index in [2.05, 4.69) is 20.9 Å². The third kappa shape index (κ3) is 3.31. The molecule has 0 spiro atoms. The largest absolute Gasteiger partial charge is 0.369 e. The molecule has 0 radical (unpaired) electrons. The van der Waals surface area contributed by atoms with Crippen LogP contribution in [-0.4, -0.2) is 71.1 Å². The standard InChI is InChI=1S/C22H29N5O2/c1-24-9-8-20(22(24)29)26-12-10-25(11-13-26)17-6-7-18-19(14-17)23-15-27(21(18)28)16-4-2-3-5-16/h6-7,14-16,20H,2-5,8-13H2,1H3. The lowest BCUT2D eigenvalue weighted by Gasteiger charge is -2.38. The van der Waals surface area contributed by atoms with Crippen LogP contribution in [-0.2, 0) is 4.79 Å². The van der Waals surface area contributed by atoms with Crippen molar-refractivity contribution in [2.45, 2.75) is 44.2 Å². The van der Waals surface area contributed by atoms with E-state index in [9.17, 15) is 9.59 Å². The van der Waals surface area contributed by atoms with Crippen molar-refractivity contribution >= 4 is 22.5 Å². The Kier molecular flexibility index (Phi) is 4.78. The van der Waals surface area contributed by atoms with Gasteiger partial charge in [0.25, 0.3) is 5.56 Å². The number of hydrogen-bond donors (Lipinski definition) is 0. The van der Waals surface area contributed by atoms with Crippen LogP contribution in [0.2, 0.25) is 0 Å². The number of nitrogens with zero attached hydrogens (tertiary/aromatic N) is 5. The van der Waals surface area contributed by atoms with Gasteiger partial charge in [0.2, 0.25) is 5.91 Å². The van der Waals surface area contributed by atoms with Gasteiger partial charge in [0.1, 0.15) is 0 Å². The maximum absolute atomic E-state index is 12.9. The maximum Gasteiger partial charge on any atom is 0.261 e. The molecule has 1 saturated carbocycles. The molecular weight excluding hydrogens is 366 g/mol. The van der Waals surface area contributed by atoms with Gasteiger partial charge in [-0.15, -0.1) is 0 Å². The van der Waals surface area contributed by atoms with Gasteiger partial charge in [0, 0.05) is 51.5 Å². The highest BCUT2D eigenvalue weighted by Crippen LogP contribution is 2.29. The molecule has 7 heteroatoms. The minimum absolute atomic E-state index is 0.0504. The monoisotopic (exact) mass is 395 g/mol. The molecule has 3 fully saturated rings. The lowest BCUT2D eigenvalue weighted by atomic mass is 10.1. The number of rotatable bonds is 3. The molecule has 3 heterocycles. The molecule has 1 atom stereocenters. The fourth-order valence-corrected chi connectivity index (χ4v) is 5.20. The number of amides is 1. The predicted octanol–water partition coefficient (Wildman–Crippen LogP) is 1.86. The van der Waals surface area contributed by atoms with E-state index in [1.54, 1.807) is 6.33 Å². The molecular formula is C22H29N5O2. The number of carbonyl (C=O) groups excluding carboxylic acids is 1. The number of likely N-dealkylation sites (N-methyl/N-ethyl adjacent to an activating group) is 1. The van der Waals surface area contributed by atoms with Gasteiger partial charge in [-0.05, 0) is 37.5 Å². The first kappa shape index (κ1) is 18.6. The third-order valence-corrected chi connectivity index (χ3v) is 7.00. The normalized spacial score (nSPS) is 24.2. The molecule has 1 unspecified atom stereocenters. The second-order valence-electron chi connectivity index (χ2n) is 8.68. The van der Waals surface area contributed by atoms with Crippen molar-refractivity contribution in [2.24, 2.45) is 0 Å². The van der Waals surface area contributed by atoms with Crippen LogP contribution < -0.4 is 10.5 Å². The highest BCUT2D eigenvalue weighted by Gasteiger charge is 2.35. The van der Waals surface area contributed by atoms with Gasteiger partial charge in [-0.25, -0.2) is 4.98 Å². The fourth-order valence-electron chi connectivity index (χ4n) is 5.20. The minimum Gasteiger partial charge on any atom is -0.369 e. The smallest absolute Gasteiger partial charge is 0.261 e. The Labute approximate surface area is 170 Å². The molecule has 1 aromatic heterocycles. The molecule has 2 saturated heterocycles. The van der Waals surface area contributed by atoms with Crippen molar-refractivity contribution in [3.05, 3.63) is 34.9 Å². The summed E-state index contributed by atoms with van der Waals surface area (Å²) in [6.45, 7) is 4.41. The zero-order valence-corrected chi connectivity index (χ0v) is 17.1. The molecule has 1 amide bonds.